The molecular weight excluding hydrogens is 427 g/mol. The second-order valence-electron chi connectivity index (χ2n) is 4.82. The van der Waals surface area contributed by atoms with E-state index in [1.54, 1.807) is 0 Å². The predicted molar refractivity (Wildman–Crippen MR) is 104 cm³/mol. The van der Waals surface area contributed by atoms with Crippen LogP contribution in [-0.4, -0.2) is 17.7 Å². The quantitative estimate of drug-likeness (QED) is 0.401. The minimum absolute atomic E-state index is 0. The molecule has 126 valence electrons. The minimum atomic E-state index is 0. The van der Waals surface area contributed by atoms with Crippen LogP contribution in [0.1, 0.15) is 30.9 Å². The van der Waals surface area contributed by atoms with Gasteiger partial charge in [0.2, 0.25) is 0 Å². The van der Waals surface area contributed by atoms with Crippen LogP contribution >= 0.6 is 35.6 Å². The maximum atomic E-state index is 5.98. The summed E-state index contributed by atoms with van der Waals surface area (Å²) in [4.78, 5) is 4.54. The van der Waals surface area contributed by atoms with E-state index in [0.29, 0.717) is 13.1 Å². The van der Waals surface area contributed by atoms with E-state index in [1.807, 2.05) is 44.2 Å². The average molecular weight is 449 g/mol. The smallest absolute Gasteiger partial charge is 0.191 e. The van der Waals surface area contributed by atoms with Crippen LogP contribution in [0.25, 0.3) is 0 Å². The fourth-order valence-electron chi connectivity index (χ4n) is 1.92. The second kappa shape index (κ2) is 10.5. The predicted octanol–water partition coefficient (Wildman–Crippen LogP) is 3.76. The van der Waals surface area contributed by atoms with Crippen molar-refractivity contribution in [1.82, 2.24) is 15.8 Å². The fraction of sp³-hybridized carbons (Fsp3) is 0.375. The van der Waals surface area contributed by atoms with Gasteiger partial charge in [0.15, 0.2) is 11.7 Å². The number of nitrogens with zero attached hydrogens (tertiary/aromatic N) is 2. The van der Waals surface area contributed by atoms with Gasteiger partial charge in [0.25, 0.3) is 0 Å². The van der Waals surface area contributed by atoms with Crippen LogP contribution in [0.15, 0.2) is 39.8 Å². The normalized spacial score (nSPS) is 11.0. The van der Waals surface area contributed by atoms with Crippen molar-refractivity contribution in [3.05, 3.63) is 52.4 Å². The molecule has 0 aliphatic rings. The van der Waals surface area contributed by atoms with Crippen LogP contribution in [0, 0.1) is 0 Å². The Hall–Kier alpha value is -1.28. The Labute approximate surface area is 158 Å². The van der Waals surface area contributed by atoms with Gasteiger partial charge in [-0.15, -0.1) is 24.0 Å². The molecule has 1 aromatic carbocycles. The lowest BCUT2D eigenvalue weighted by Gasteiger charge is -2.09. The Balaban J connectivity index is 0.00000264. The Morgan fingerprint density at radius 1 is 1.26 bits per heavy atom. The Kier molecular flexibility index (Phi) is 9.01. The summed E-state index contributed by atoms with van der Waals surface area (Å²) >= 11 is 5.98. The van der Waals surface area contributed by atoms with Crippen LogP contribution < -0.4 is 10.6 Å². The van der Waals surface area contributed by atoms with Crippen LogP contribution in [-0.2, 0) is 19.5 Å². The summed E-state index contributed by atoms with van der Waals surface area (Å²) in [6.45, 7) is 5.98. The molecule has 2 rings (SSSR count). The van der Waals surface area contributed by atoms with Gasteiger partial charge in [-0.2, -0.15) is 0 Å². The Bertz CT molecular complexity index is 630. The zero-order valence-electron chi connectivity index (χ0n) is 13.3. The van der Waals surface area contributed by atoms with Crippen LogP contribution in [0.3, 0.4) is 0 Å². The highest BCUT2D eigenvalue weighted by Crippen LogP contribution is 2.11. The number of aromatic nitrogens is 1. The number of halogens is 2. The molecule has 0 atom stereocenters. The molecule has 0 bridgehead atoms. The zero-order chi connectivity index (χ0) is 15.8. The third-order valence-electron chi connectivity index (χ3n) is 3.05. The highest BCUT2D eigenvalue weighted by atomic mass is 127. The first-order valence-electron chi connectivity index (χ1n) is 7.42. The third kappa shape index (κ3) is 6.78. The van der Waals surface area contributed by atoms with E-state index in [-0.39, 0.29) is 24.0 Å². The minimum Gasteiger partial charge on any atom is -0.359 e. The molecule has 0 fully saturated rings. The zero-order valence-corrected chi connectivity index (χ0v) is 16.4. The van der Waals surface area contributed by atoms with E-state index < -0.39 is 0 Å². The molecule has 1 aromatic heterocycles. The first kappa shape index (κ1) is 19.8. The third-order valence-corrected chi connectivity index (χ3v) is 3.29. The lowest BCUT2D eigenvalue weighted by molar-refractivity contribution is 0.374. The highest BCUT2D eigenvalue weighted by Gasteiger charge is 2.04. The van der Waals surface area contributed by atoms with Crippen molar-refractivity contribution in [2.75, 3.05) is 6.54 Å². The summed E-state index contributed by atoms with van der Waals surface area (Å²) in [6, 6.07) is 9.65. The van der Waals surface area contributed by atoms with Gasteiger partial charge in [-0.05, 0) is 31.0 Å². The van der Waals surface area contributed by atoms with Gasteiger partial charge in [-0.1, -0.05) is 35.8 Å². The van der Waals surface area contributed by atoms with Crippen molar-refractivity contribution in [3.63, 3.8) is 0 Å². The largest absolute Gasteiger partial charge is 0.359 e. The molecule has 0 aliphatic carbocycles. The number of benzene rings is 1. The van der Waals surface area contributed by atoms with Crippen molar-refractivity contribution < 1.29 is 4.52 Å². The molecule has 5 nitrogen and oxygen atoms in total. The van der Waals surface area contributed by atoms with Gasteiger partial charge in [0.1, 0.15) is 0 Å². The lowest BCUT2D eigenvalue weighted by atomic mass is 10.2. The number of hydrogen-bond donors (Lipinski definition) is 2. The molecule has 0 radical (unpaired) electrons. The fourth-order valence-corrected chi connectivity index (χ4v) is 2.14. The van der Waals surface area contributed by atoms with Crippen molar-refractivity contribution >= 4 is 41.5 Å². The van der Waals surface area contributed by atoms with Gasteiger partial charge in [-0.3, -0.25) is 0 Å². The SMILES string of the molecule is CCNC(=NCc1cccc(Cl)c1)NCc1cc(CC)no1.I. The second-order valence-corrected chi connectivity index (χ2v) is 5.25. The molecule has 0 amide bonds. The van der Waals surface area contributed by atoms with E-state index in [2.05, 4.69) is 20.8 Å². The molecule has 0 unspecified atom stereocenters. The molecular formula is C16H22ClIN4O. The molecule has 2 N–H and O–H groups in total. The molecule has 7 heteroatoms. The van der Waals surface area contributed by atoms with Gasteiger partial charge in [-0.25, -0.2) is 4.99 Å². The monoisotopic (exact) mass is 448 g/mol. The number of rotatable bonds is 6. The summed E-state index contributed by atoms with van der Waals surface area (Å²) in [7, 11) is 0. The molecule has 0 aliphatic heterocycles. The molecule has 2 aromatic rings. The van der Waals surface area contributed by atoms with Crippen LogP contribution in [0.2, 0.25) is 5.02 Å². The highest BCUT2D eigenvalue weighted by molar-refractivity contribution is 14.0. The van der Waals surface area contributed by atoms with Crippen molar-refractivity contribution in [2.24, 2.45) is 4.99 Å². The average Bonchev–Trinajstić information content (AvgIpc) is 2.98. The van der Waals surface area contributed by atoms with E-state index in [1.165, 1.54) is 0 Å². The summed E-state index contributed by atoms with van der Waals surface area (Å²) in [5.41, 5.74) is 2.02. The molecule has 0 saturated carbocycles. The van der Waals surface area contributed by atoms with Crippen molar-refractivity contribution in [3.8, 4) is 0 Å². The van der Waals surface area contributed by atoms with Gasteiger partial charge in [0.05, 0.1) is 18.8 Å². The van der Waals surface area contributed by atoms with Gasteiger partial charge in [0, 0.05) is 17.6 Å². The van der Waals surface area contributed by atoms with Crippen LogP contribution in [0.5, 0.6) is 0 Å². The summed E-state index contributed by atoms with van der Waals surface area (Å²) < 4.78 is 5.25. The lowest BCUT2D eigenvalue weighted by Crippen LogP contribution is -2.36. The number of guanidine groups is 1. The van der Waals surface area contributed by atoms with E-state index in [9.17, 15) is 0 Å². The molecule has 0 saturated heterocycles. The number of aliphatic imine (C=N–C) groups is 1. The summed E-state index contributed by atoms with van der Waals surface area (Å²) in [5.74, 6) is 1.53. The first-order chi connectivity index (χ1) is 10.7. The first-order valence-corrected chi connectivity index (χ1v) is 7.80. The van der Waals surface area contributed by atoms with Crippen LogP contribution in [0.4, 0.5) is 0 Å². The standard InChI is InChI=1S/C16H21ClN4O.HI/c1-3-14-9-15(22-21-14)11-20-16(18-4-2)19-10-12-6-5-7-13(17)8-12;/h5-9H,3-4,10-11H2,1-2H3,(H2,18,19,20);1H. The Morgan fingerprint density at radius 2 is 2.09 bits per heavy atom. The van der Waals surface area contributed by atoms with Crippen molar-refractivity contribution in [2.45, 2.75) is 33.4 Å². The summed E-state index contributed by atoms with van der Waals surface area (Å²) in [6.07, 6.45) is 0.867. The topological polar surface area (TPSA) is 62.5 Å². The molecule has 1 heterocycles. The molecule has 0 spiro atoms. The van der Waals surface area contributed by atoms with Gasteiger partial charge < -0.3 is 15.2 Å². The van der Waals surface area contributed by atoms with E-state index in [4.69, 9.17) is 16.1 Å². The number of hydrogen-bond acceptors (Lipinski definition) is 3. The Morgan fingerprint density at radius 3 is 2.74 bits per heavy atom. The van der Waals surface area contributed by atoms with Crippen molar-refractivity contribution in [1.29, 1.82) is 0 Å². The van der Waals surface area contributed by atoms with E-state index in [0.717, 1.165) is 41.0 Å². The van der Waals surface area contributed by atoms with Gasteiger partial charge >= 0.3 is 0 Å². The number of nitrogens with one attached hydrogen (secondary N) is 2. The maximum Gasteiger partial charge on any atom is 0.191 e. The summed E-state index contributed by atoms with van der Waals surface area (Å²) in [5, 5.41) is 11.1. The molecule has 23 heavy (non-hydrogen) atoms. The maximum absolute atomic E-state index is 5.98. The number of aryl methyl sites for hydroxylation is 1. The van der Waals surface area contributed by atoms with E-state index >= 15 is 0 Å².